The number of likely N-dealkylation sites (tertiary alicyclic amines) is 2. The van der Waals surface area contributed by atoms with E-state index in [1.165, 1.54) is 36.9 Å². The molecule has 0 radical (unpaired) electrons. The van der Waals surface area contributed by atoms with Crippen molar-refractivity contribution in [3.63, 3.8) is 0 Å². The van der Waals surface area contributed by atoms with Gasteiger partial charge in [0.05, 0.1) is 59.8 Å². The maximum absolute atomic E-state index is 13.5. The van der Waals surface area contributed by atoms with Crippen LogP contribution in [0.3, 0.4) is 0 Å². The second-order valence-corrected chi connectivity index (χ2v) is 14.8. The summed E-state index contributed by atoms with van der Waals surface area (Å²) < 4.78 is 19.8. The van der Waals surface area contributed by atoms with Crippen molar-refractivity contribution in [2.75, 3.05) is 54.7 Å². The van der Waals surface area contributed by atoms with Crippen molar-refractivity contribution in [3.8, 4) is 31.2 Å². The van der Waals surface area contributed by atoms with Crippen molar-refractivity contribution in [1.29, 1.82) is 0 Å². The number of amides is 4. The Morgan fingerprint density at radius 3 is 1.52 bits per heavy atom. The number of aromatic nitrogens is 6. The number of aromatic amines is 2. The van der Waals surface area contributed by atoms with Gasteiger partial charge in [0, 0.05) is 65.8 Å². The van der Waals surface area contributed by atoms with Crippen molar-refractivity contribution < 1.29 is 38.1 Å². The van der Waals surface area contributed by atoms with E-state index in [0.717, 1.165) is 56.8 Å². The number of imidazole rings is 2. The third-order valence-electron chi connectivity index (χ3n) is 9.38. The van der Waals surface area contributed by atoms with Crippen molar-refractivity contribution in [3.05, 3.63) is 36.4 Å². The molecule has 0 aliphatic carbocycles. The van der Waals surface area contributed by atoms with Crippen LogP contribution in [0.2, 0.25) is 0 Å². The molecule has 0 bridgehead atoms. The summed E-state index contributed by atoms with van der Waals surface area (Å²) in [5.74, 6) is 0.875. The number of nitrogens with zero attached hydrogens (tertiary/aromatic N) is 6. The van der Waals surface area contributed by atoms with Crippen molar-refractivity contribution >= 4 is 46.7 Å². The first kappa shape index (κ1) is 38.8. The Balaban J connectivity index is 1.12. The van der Waals surface area contributed by atoms with Gasteiger partial charge in [0.15, 0.2) is 0 Å². The van der Waals surface area contributed by atoms with Gasteiger partial charge < -0.3 is 49.3 Å². The molecule has 0 aromatic carbocycles. The molecule has 2 aliphatic rings. The molecule has 18 nitrogen and oxygen atoms in total. The molecule has 2 saturated heterocycles. The molecule has 4 N–H and O–H groups in total. The van der Waals surface area contributed by atoms with E-state index in [1.807, 2.05) is 0 Å². The number of hydrogen-bond acceptors (Lipinski definition) is 14. The summed E-state index contributed by atoms with van der Waals surface area (Å²) in [6, 6.07) is -2.12. The molecule has 6 rings (SSSR count). The lowest BCUT2D eigenvalue weighted by molar-refractivity contribution is -0.135. The van der Waals surface area contributed by atoms with E-state index in [-0.39, 0.29) is 23.9 Å². The van der Waals surface area contributed by atoms with E-state index in [4.69, 9.17) is 18.9 Å². The van der Waals surface area contributed by atoms with E-state index in [9.17, 15) is 19.2 Å². The molecule has 54 heavy (non-hydrogen) atoms. The fourth-order valence-corrected chi connectivity index (χ4v) is 8.50. The third-order valence-corrected chi connectivity index (χ3v) is 11.6. The van der Waals surface area contributed by atoms with E-state index < -0.39 is 24.3 Å². The topological polar surface area (TPSA) is 219 Å². The maximum atomic E-state index is 13.5. The molecule has 290 valence electrons. The molecule has 4 aromatic heterocycles. The van der Waals surface area contributed by atoms with Crippen LogP contribution in [0.25, 0.3) is 31.2 Å². The number of ether oxygens (including phenoxy) is 4. The van der Waals surface area contributed by atoms with Crippen molar-refractivity contribution in [1.82, 2.24) is 50.3 Å². The number of rotatable bonds is 15. The average molecular weight is 785 g/mol. The van der Waals surface area contributed by atoms with Gasteiger partial charge in [-0.25, -0.2) is 29.5 Å². The highest BCUT2D eigenvalue weighted by molar-refractivity contribution is 7.24. The summed E-state index contributed by atoms with van der Waals surface area (Å²) in [6.45, 7) is 1.69. The zero-order chi connectivity index (χ0) is 38.2. The number of hydrogen-bond donors (Lipinski definition) is 4. The molecule has 20 heteroatoms. The number of methoxy groups -OCH3 is 4. The molecule has 2 aliphatic heterocycles. The van der Waals surface area contributed by atoms with Gasteiger partial charge in [-0.05, 0) is 25.7 Å². The summed E-state index contributed by atoms with van der Waals surface area (Å²) in [7, 11) is 5.61. The van der Waals surface area contributed by atoms with Gasteiger partial charge in [-0.15, -0.1) is 22.7 Å². The minimum atomic E-state index is -0.783. The highest BCUT2D eigenvalue weighted by Gasteiger charge is 2.38. The van der Waals surface area contributed by atoms with E-state index in [2.05, 4.69) is 40.5 Å². The quantitative estimate of drug-likeness (QED) is 0.135. The van der Waals surface area contributed by atoms with Crippen LogP contribution in [0.1, 0.15) is 62.3 Å². The molecular formula is C34H44N10O8S2. The van der Waals surface area contributed by atoms with Crippen LogP contribution in [-0.4, -0.2) is 131 Å². The molecule has 6 heterocycles. The standard InChI is InChI=1S/C34H44N10O8S2/c1-49-13-9-19(41-33(47)51-3)31(45)43-11-5-7-23(43)27-35-15-21(39-27)29-37-17-25(53-29)26-18-38-30(54-26)22-16-36-28(40-22)24-8-6-12-44(24)32(46)20(10-14-50-2)42-34(48)52-4/h15-20,23-24H,5-14H2,1-4H3,(H,35,39)(H,36,40)(H,41,47)(H,42,48)/t19-,20-,23-,24-/m0/s1. The Morgan fingerprint density at radius 1 is 0.704 bits per heavy atom. The number of H-pyrrole nitrogens is 2. The average Bonchev–Trinajstić information content (AvgIpc) is 4.03. The van der Waals surface area contributed by atoms with Crippen LogP contribution in [0.15, 0.2) is 24.8 Å². The van der Waals surface area contributed by atoms with E-state index in [0.29, 0.717) is 50.8 Å². The molecule has 0 saturated carbocycles. The second-order valence-electron chi connectivity index (χ2n) is 12.7. The summed E-state index contributed by atoms with van der Waals surface area (Å²) in [6.07, 6.45) is 9.38. The minimum absolute atomic E-state index is 0.214. The Kier molecular flexibility index (Phi) is 12.9. The molecule has 2 fully saturated rings. The molecule has 4 aromatic rings. The van der Waals surface area contributed by atoms with Crippen LogP contribution in [0.5, 0.6) is 0 Å². The Morgan fingerprint density at radius 2 is 1.13 bits per heavy atom. The number of nitrogens with one attached hydrogen (secondary N) is 4. The predicted octanol–water partition coefficient (Wildman–Crippen LogP) is 3.90. The normalized spacial score (nSPS) is 18.1. The molecule has 4 amide bonds. The number of alkyl carbamates (subject to hydrolysis) is 2. The lowest BCUT2D eigenvalue weighted by atomic mass is 10.1. The molecule has 4 atom stereocenters. The van der Waals surface area contributed by atoms with Crippen LogP contribution >= 0.6 is 22.7 Å². The predicted molar refractivity (Wildman–Crippen MR) is 197 cm³/mol. The molecular weight excluding hydrogens is 741 g/mol. The Labute approximate surface area is 319 Å². The molecule has 0 spiro atoms. The number of thiazole rings is 2. The van der Waals surface area contributed by atoms with Gasteiger partial charge in [-0.1, -0.05) is 0 Å². The Bertz CT molecular complexity index is 1770. The fourth-order valence-electron chi connectivity index (χ4n) is 6.67. The van der Waals surface area contributed by atoms with Gasteiger partial charge in [0.25, 0.3) is 0 Å². The van der Waals surface area contributed by atoms with Crippen LogP contribution < -0.4 is 10.6 Å². The number of carbonyl (C=O) groups excluding carboxylic acids is 4. The first-order valence-corrected chi connectivity index (χ1v) is 19.2. The highest BCUT2D eigenvalue weighted by Crippen LogP contribution is 2.39. The summed E-state index contributed by atoms with van der Waals surface area (Å²) >= 11 is 2.98. The maximum Gasteiger partial charge on any atom is 0.407 e. The van der Waals surface area contributed by atoms with Crippen LogP contribution in [0, 0.1) is 0 Å². The van der Waals surface area contributed by atoms with Crippen molar-refractivity contribution in [2.24, 2.45) is 0 Å². The minimum Gasteiger partial charge on any atom is -0.453 e. The smallest absolute Gasteiger partial charge is 0.407 e. The van der Waals surface area contributed by atoms with E-state index >= 15 is 0 Å². The monoisotopic (exact) mass is 784 g/mol. The summed E-state index contributed by atoms with van der Waals surface area (Å²) in [5, 5.41) is 6.74. The lowest BCUT2D eigenvalue weighted by Crippen LogP contribution is -2.49. The fraction of sp³-hybridized carbons (Fsp3) is 0.529. The highest BCUT2D eigenvalue weighted by atomic mass is 32.1. The lowest BCUT2D eigenvalue weighted by Gasteiger charge is -2.28. The largest absolute Gasteiger partial charge is 0.453 e. The van der Waals surface area contributed by atoms with Crippen molar-refractivity contribution in [2.45, 2.75) is 62.7 Å². The third kappa shape index (κ3) is 8.72. The van der Waals surface area contributed by atoms with Crippen LogP contribution in [-0.2, 0) is 28.5 Å². The van der Waals surface area contributed by atoms with Gasteiger partial charge >= 0.3 is 12.2 Å². The summed E-state index contributed by atoms with van der Waals surface area (Å²) in [5.41, 5.74) is 1.46. The van der Waals surface area contributed by atoms with Gasteiger partial charge in [0.2, 0.25) is 11.8 Å². The first-order chi connectivity index (χ1) is 26.2. The van der Waals surface area contributed by atoms with E-state index in [1.54, 1.807) is 48.8 Å². The molecule has 0 unspecified atom stereocenters. The van der Waals surface area contributed by atoms with Crippen LogP contribution in [0.4, 0.5) is 9.59 Å². The zero-order valence-corrected chi connectivity index (χ0v) is 32.1. The summed E-state index contributed by atoms with van der Waals surface area (Å²) in [4.78, 5) is 81.6. The zero-order valence-electron chi connectivity index (χ0n) is 30.5. The Hall–Kier alpha value is -4.92. The SMILES string of the molecule is COCC[C@H](NC(=O)OC)C(=O)N1CCC[C@H]1c1ncc(-c2ncc(-c3cnc(-c4cnc([C@@H]5CCCN5C(=O)[C@H](CCOC)NC(=O)OC)[nH]4)s3)s2)[nH]1. The van der Waals surface area contributed by atoms with Gasteiger partial charge in [0.1, 0.15) is 33.7 Å². The van der Waals surface area contributed by atoms with Gasteiger partial charge in [-0.2, -0.15) is 0 Å². The van der Waals surface area contributed by atoms with Gasteiger partial charge in [-0.3, -0.25) is 9.59 Å². The first-order valence-electron chi connectivity index (χ1n) is 17.5. The number of carbonyl (C=O) groups is 4. The second kappa shape index (κ2) is 17.9.